The van der Waals surface area contributed by atoms with E-state index in [1.807, 2.05) is 30.8 Å². The summed E-state index contributed by atoms with van der Waals surface area (Å²) in [6.45, 7) is 5.15. The Morgan fingerprint density at radius 2 is 1.50 bits per heavy atom. The zero-order chi connectivity index (χ0) is 22.3. The largest absolute Gasteiger partial charge is 0.326 e. The molecule has 2 rings (SSSR count). The second-order valence-corrected chi connectivity index (χ2v) is 8.41. The average molecular weight is 433 g/mol. The molecule has 0 saturated carbocycles. The van der Waals surface area contributed by atoms with Crippen LogP contribution in [0.15, 0.2) is 47.4 Å². The highest BCUT2D eigenvalue weighted by molar-refractivity contribution is 7.89. The van der Waals surface area contributed by atoms with Crippen LogP contribution < -0.4 is 20.9 Å². The quantitative estimate of drug-likeness (QED) is 0.474. The number of carbonyl (C=O) groups excluding carboxylic acids is 3. The number of hydrogen-bond acceptors (Lipinski definition) is 5. The molecule has 30 heavy (non-hydrogen) atoms. The summed E-state index contributed by atoms with van der Waals surface area (Å²) in [5.41, 5.74) is 5.16. The molecule has 0 unspecified atom stereocenters. The van der Waals surface area contributed by atoms with Crippen molar-refractivity contribution in [1.29, 1.82) is 0 Å². The highest BCUT2D eigenvalue weighted by Gasteiger charge is 2.16. The summed E-state index contributed by atoms with van der Waals surface area (Å²) in [5, 5.41) is 5.24. The minimum atomic E-state index is -3.99. The average Bonchev–Trinajstić information content (AvgIpc) is 2.67. The minimum absolute atomic E-state index is 0.0931. The predicted octanol–water partition coefficient (Wildman–Crippen LogP) is 1.99. The molecule has 0 saturated heterocycles. The van der Waals surface area contributed by atoms with Crippen molar-refractivity contribution in [2.24, 2.45) is 0 Å². The van der Waals surface area contributed by atoms with Crippen molar-refractivity contribution in [3.8, 4) is 0 Å². The Bertz CT molecular complexity index is 1050. The van der Waals surface area contributed by atoms with Gasteiger partial charge in [-0.05, 0) is 49.7 Å². The van der Waals surface area contributed by atoms with Crippen molar-refractivity contribution in [3.05, 3.63) is 53.6 Å². The van der Waals surface area contributed by atoms with Crippen molar-refractivity contribution < 1.29 is 22.8 Å². The van der Waals surface area contributed by atoms with Crippen LogP contribution >= 0.6 is 0 Å². The monoisotopic (exact) mass is 432 g/mol. The van der Waals surface area contributed by atoms with E-state index in [9.17, 15) is 22.8 Å². The molecule has 0 aliphatic heterocycles. The van der Waals surface area contributed by atoms with E-state index in [1.165, 1.54) is 31.2 Å². The van der Waals surface area contributed by atoms with Gasteiger partial charge in [0.05, 0.1) is 4.90 Å². The van der Waals surface area contributed by atoms with Crippen molar-refractivity contribution in [2.45, 2.75) is 38.5 Å². The fourth-order valence-electron chi connectivity index (χ4n) is 2.56. The van der Waals surface area contributed by atoms with Crippen molar-refractivity contribution >= 4 is 39.1 Å². The summed E-state index contributed by atoms with van der Waals surface area (Å²) in [4.78, 5) is 36.8. The maximum absolute atomic E-state index is 12.2. The summed E-state index contributed by atoms with van der Waals surface area (Å²) in [6.07, 6.45) is -0.299. The maximum Gasteiger partial charge on any atom is 0.257 e. The third-order valence-corrected chi connectivity index (χ3v) is 5.31. The molecule has 0 atom stereocenters. The van der Waals surface area contributed by atoms with Crippen LogP contribution in [0.5, 0.6) is 0 Å². The van der Waals surface area contributed by atoms with Crippen LogP contribution in [0.1, 0.15) is 30.9 Å². The zero-order valence-electron chi connectivity index (χ0n) is 16.9. The molecule has 3 amide bonds. The first-order valence-corrected chi connectivity index (χ1v) is 10.6. The van der Waals surface area contributed by atoms with Crippen LogP contribution in [-0.4, -0.2) is 26.1 Å². The van der Waals surface area contributed by atoms with Crippen LogP contribution in [0.3, 0.4) is 0 Å². The van der Waals surface area contributed by atoms with E-state index in [0.29, 0.717) is 11.4 Å². The second kappa shape index (κ2) is 9.99. The molecule has 0 spiro atoms. The highest BCUT2D eigenvalue weighted by atomic mass is 32.2. The summed E-state index contributed by atoms with van der Waals surface area (Å²) < 4.78 is 24.4. The topological polar surface area (TPSA) is 133 Å². The molecule has 4 N–H and O–H groups in total. The third-order valence-electron chi connectivity index (χ3n) is 4.04. The lowest BCUT2D eigenvalue weighted by atomic mass is 10.1. The van der Waals surface area contributed by atoms with Gasteiger partial charge in [0.25, 0.3) is 10.0 Å². The number of aryl methyl sites for hydroxylation is 2. The lowest BCUT2D eigenvalue weighted by Gasteiger charge is -2.10. The molecule has 160 valence electrons. The number of benzene rings is 2. The number of rotatable bonds is 8. The fraction of sp³-hybridized carbons (Fsp3) is 0.250. The van der Waals surface area contributed by atoms with Gasteiger partial charge in [-0.2, -0.15) is 0 Å². The van der Waals surface area contributed by atoms with Gasteiger partial charge in [-0.1, -0.05) is 17.7 Å². The van der Waals surface area contributed by atoms with Crippen LogP contribution in [0.25, 0.3) is 0 Å². The number of anilines is 2. The lowest BCUT2D eigenvalue weighted by Crippen LogP contribution is -2.41. The zero-order valence-corrected chi connectivity index (χ0v) is 17.7. The van der Waals surface area contributed by atoms with E-state index in [1.54, 1.807) is 6.07 Å². The van der Waals surface area contributed by atoms with Crippen LogP contribution in [0.4, 0.5) is 11.4 Å². The third kappa shape index (κ3) is 6.98. The Morgan fingerprint density at radius 3 is 2.10 bits per heavy atom. The Hall–Kier alpha value is -3.24. The molecule has 0 aliphatic rings. The van der Waals surface area contributed by atoms with Gasteiger partial charge >= 0.3 is 0 Å². The normalized spacial score (nSPS) is 10.9. The SMILES string of the molecule is CC(=O)Nc1ccc(S(=O)(=O)NNC(=O)CCC(=O)Nc2ccc(C)cc2C)cc1. The molecule has 2 aromatic rings. The lowest BCUT2D eigenvalue weighted by molar-refractivity contribution is -0.124. The first-order chi connectivity index (χ1) is 14.1. The molecule has 10 heteroatoms. The van der Waals surface area contributed by atoms with Gasteiger partial charge in [0, 0.05) is 31.1 Å². The van der Waals surface area contributed by atoms with Gasteiger partial charge in [-0.25, -0.2) is 8.42 Å². The Kier molecular flexibility index (Phi) is 7.67. The van der Waals surface area contributed by atoms with E-state index in [4.69, 9.17) is 0 Å². The molecule has 0 aromatic heterocycles. The fourth-order valence-corrected chi connectivity index (χ4v) is 3.42. The van der Waals surface area contributed by atoms with Crippen molar-refractivity contribution in [1.82, 2.24) is 10.3 Å². The van der Waals surface area contributed by atoms with Crippen LogP contribution in [-0.2, 0) is 24.4 Å². The first kappa shape index (κ1) is 23.0. The van der Waals surface area contributed by atoms with E-state index in [-0.39, 0.29) is 29.6 Å². The van der Waals surface area contributed by atoms with Gasteiger partial charge in [0.2, 0.25) is 17.7 Å². The van der Waals surface area contributed by atoms with Gasteiger partial charge < -0.3 is 10.6 Å². The van der Waals surface area contributed by atoms with Crippen molar-refractivity contribution in [2.75, 3.05) is 10.6 Å². The van der Waals surface area contributed by atoms with Gasteiger partial charge in [0.1, 0.15) is 0 Å². The molecule has 0 heterocycles. The molecule has 0 aliphatic carbocycles. The van der Waals surface area contributed by atoms with Gasteiger partial charge in [0.15, 0.2) is 0 Å². The molecule has 2 aromatic carbocycles. The Morgan fingerprint density at radius 1 is 0.867 bits per heavy atom. The second-order valence-electron chi connectivity index (χ2n) is 6.73. The van der Waals surface area contributed by atoms with Gasteiger partial charge in [-0.3, -0.25) is 19.8 Å². The smallest absolute Gasteiger partial charge is 0.257 e. The molecule has 9 nitrogen and oxygen atoms in total. The minimum Gasteiger partial charge on any atom is -0.326 e. The number of carbonyl (C=O) groups is 3. The predicted molar refractivity (Wildman–Crippen MR) is 113 cm³/mol. The molecule has 0 radical (unpaired) electrons. The first-order valence-electron chi connectivity index (χ1n) is 9.12. The van der Waals surface area contributed by atoms with Crippen molar-refractivity contribution in [3.63, 3.8) is 0 Å². The van der Waals surface area contributed by atoms with E-state index in [2.05, 4.69) is 16.1 Å². The van der Waals surface area contributed by atoms with Crippen LogP contribution in [0, 0.1) is 13.8 Å². The molecule has 0 fully saturated rings. The standard InChI is InChI=1S/C20H24N4O5S/c1-13-4-9-18(14(2)12-13)22-19(26)10-11-20(27)23-24-30(28,29)17-7-5-16(6-8-17)21-15(3)25/h4-9,12,24H,10-11H2,1-3H3,(H,21,25)(H,22,26)(H,23,27). The Balaban J connectivity index is 1.83. The summed E-state index contributed by atoms with van der Waals surface area (Å²) in [7, 11) is -3.99. The molecular formula is C20H24N4O5S. The number of sulfonamides is 1. The maximum atomic E-state index is 12.2. The van der Waals surface area contributed by atoms with E-state index in [0.717, 1.165) is 11.1 Å². The Labute approximate surface area is 175 Å². The number of nitrogens with one attached hydrogen (secondary N) is 4. The number of hydrazine groups is 1. The van der Waals surface area contributed by atoms with Gasteiger partial charge in [-0.15, -0.1) is 4.83 Å². The van der Waals surface area contributed by atoms with E-state index < -0.39 is 15.9 Å². The summed E-state index contributed by atoms with van der Waals surface area (Å²) in [5.74, 6) is -1.28. The highest BCUT2D eigenvalue weighted by Crippen LogP contribution is 2.16. The molecular weight excluding hydrogens is 408 g/mol. The van der Waals surface area contributed by atoms with E-state index >= 15 is 0 Å². The summed E-state index contributed by atoms with van der Waals surface area (Å²) >= 11 is 0. The molecule has 0 bridgehead atoms. The van der Waals surface area contributed by atoms with Crippen LogP contribution in [0.2, 0.25) is 0 Å². The summed E-state index contributed by atoms with van der Waals surface area (Å²) in [6, 6.07) is 11.0. The number of hydrogen-bond donors (Lipinski definition) is 4. The number of amides is 3.